The largest absolute Gasteiger partial charge is 0.507 e. The van der Waals surface area contributed by atoms with Gasteiger partial charge in [0.2, 0.25) is 0 Å². The number of phenolic OH excluding ortho intramolecular Hbond substituents is 1. The van der Waals surface area contributed by atoms with Gasteiger partial charge in [-0.1, -0.05) is 35.9 Å². The lowest BCUT2D eigenvalue weighted by molar-refractivity contribution is 0.471. The van der Waals surface area contributed by atoms with Crippen molar-refractivity contribution in [2.45, 2.75) is 19.3 Å². The fourth-order valence-corrected chi connectivity index (χ4v) is 5.45. The van der Waals surface area contributed by atoms with E-state index in [-0.39, 0.29) is 17.1 Å². The maximum Gasteiger partial charge on any atom is 0.260 e. The number of phenols is 1. The van der Waals surface area contributed by atoms with Gasteiger partial charge in [-0.2, -0.15) is 0 Å². The summed E-state index contributed by atoms with van der Waals surface area (Å²) >= 11 is 7.62. The van der Waals surface area contributed by atoms with Gasteiger partial charge in [0.25, 0.3) is 5.56 Å². The van der Waals surface area contributed by atoms with E-state index in [1.165, 1.54) is 24.3 Å². The number of pyridine rings is 1. The van der Waals surface area contributed by atoms with Crippen molar-refractivity contribution < 1.29 is 14.6 Å². The summed E-state index contributed by atoms with van der Waals surface area (Å²) < 4.78 is 13.7. The minimum atomic E-state index is -0.496. The molecule has 2 heterocycles. The molecule has 2 aromatic heterocycles. The molecule has 0 aliphatic heterocycles. The SMILES string of the molecule is O=c1[nH]c2sc(Cl)c(-c3ccc4c(c3O)CCC4)c2c(O)c1-c1ccc(F)cc1. The summed E-state index contributed by atoms with van der Waals surface area (Å²) in [5.74, 6) is -0.517. The number of aromatic hydroxyl groups is 2. The molecule has 2 aromatic carbocycles. The highest BCUT2D eigenvalue weighted by Crippen LogP contribution is 2.50. The number of aromatic amines is 1. The van der Waals surface area contributed by atoms with Gasteiger partial charge in [0, 0.05) is 11.1 Å². The minimum absolute atomic E-state index is 0.0360. The lowest BCUT2D eigenvalue weighted by Crippen LogP contribution is -2.08. The topological polar surface area (TPSA) is 73.3 Å². The standard InChI is InChI=1S/C22H15ClFNO3S/c23-20-16(14-9-6-10-2-1-3-13(10)18(14)26)17-19(27)15(21(28)25-22(17)29-20)11-4-7-12(24)8-5-11/h4-9,26H,1-3H2,(H2,25,27,28). The minimum Gasteiger partial charge on any atom is -0.507 e. The van der Waals surface area contributed by atoms with Crippen LogP contribution in [0.5, 0.6) is 11.5 Å². The predicted molar refractivity (Wildman–Crippen MR) is 114 cm³/mol. The zero-order valence-electron chi connectivity index (χ0n) is 15.1. The van der Waals surface area contributed by atoms with Gasteiger partial charge >= 0.3 is 0 Å². The number of halogens is 2. The number of H-pyrrole nitrogens is 1. The number of hydrogen-bond acceptors (Lipinski definition) is 4. The van der Waals surface area contributed by atoms with Crippen LogP contribution in [0.2, 0.25) is 4.34 Å². The van der Waals surface area contributed by atoms with Crippen LogP contribution in [0.1, 0.15) is 17.5 Å². The van der Waals surface area contributed by atoms with Gasteiger partial charge in [0.05, 0.1) is 10.9 Å². The van der Waals surface area contributed by atoms with Crippen molar-refractivity contribution in [2.24, 2.45) is 0 Å². The Bertz CT molecular complexity index is 1340. The van der Waals surface area contributed by atoms with E-state index in [1.54, 1.807) is 6.07 Å². The molecule has 0 radical (unpaired) electrons. The van der Waals surface area contributed by atoms with Crippen molar-refractivity contribution in [3.05, 3.63) is 68.0 Å². The second-order valence-corrected chi connectivity index (χ2v) is 8.72. The molecule has 1 aliphatic carbocycles. The smallest absolute Gasteiger partial charge is 0.260 e. The summed E-state index contributed by atoms with van der Waals surface area (Å²) in [5.41, 5.74) is 2.95. The van der Waals surface area contributed by atoms with Crippen molar-refractivity contribution in [3.63, 3.8) is 0 Å². The highest BCUT2D eigenvalue weighted by Gasteiger charge is 2.26. The van der Waals surface area contributed by atoms with Crippen LogP contribution in [0.15, 0.2) is 41.2 Å². The molecule has 4 nitrogen and oxygen atoms in total. The fourth-order valence-electron chi connectivity index (χ4n) is 4.09. The average molecular weight is 428 g/mol. The zero-order chi connectivity index (χ0) is 20.3. The summed E-state index contributed by atoms with van der Waals surface area (Å²) in [4.78, 5) is 15.8. The van der Waals surface area contributed by atoms with E-state index in [9.17, 15) is 19.4 Å². The van der Waals surface area contributed by atoms with E-state index in [0.717, 1.165) is 41.7 Å². The third-order valence-corrected chi connectivity index (χ3v) is 6.76. The van der Waals surface area contributed by atoms with Crippen LogP contribution in [0.25, 0.3) is 32.5 Å². The van der Waals surface area contributed by atoms with E-state index >= 15 is 0 Å². The second-order valence-electron chi connectivity index (χ2n) is 7.09. The highest BCUT2D eigenvalue weighted by atomic mass is 35.5. The van der Waals surface area contributed by atoms with Crippen LogP contribution >= 0.6 is 22.9 Å². The van der Waals surface area contributed by atoms with Gasteiger partial charge in [-0.3, -0.25) is 4.79 Å². The number of thiophene rings is 1. The number of fused-ring (bicyclic) bond motifs is 2. The van der Waals surface area contributed by atoms with Gasteiger partial charge in [0.15, 0.2) is 0 Å². The number of aromatic nitrogens is 1. The first-order chi connectivity index (χ1) is 14.0. The summed E-state index contributed by atoms with van der Waals surface area (Å²) in [7, 11) is 0. The van der Waals surface area contributed by atoms with E-state index in [2.05, 4.69) is 4.98 Å². The molecule has 3 N–H and O–H groups in total. The molecule has 0 saturated carbocycles. The quantitative estimate of drug-likeness (QED) is 0.389. The maximum absolute atomic E-state index is 13.3. The van der Waals surface area contributed by atoms with Crippen LogP contribution < -0.4 is 5.56 Å². The Morgan fingerprint density at radius 1 is 1.00 bits per heavy atom. The summed E-state index contributed by atoms with van der Waals surface area (Å²) in [6.45, 7) is 0. The van der Waals surface area contributed by atoms with E-state index in [1.807, 2.05) is 6.07 Å². The first-order valence-electron chi connectivity index (χ1n) is 9.13. The Kier molecular flexibility index (Phi) is 4.15. The van der Waals surface area contributed by atoms with Crippen LogP contribution in [0.4, 0.5) is 4.39 Å². The third kappa shape index (κ3) is 2.74. The first-order valence-corrected chi connectivity index (χ1v) is 10.3. The van der Waals surface area contributed by atoms with Crippen LogP contribution in [-0.2, 0) is 12.8 Å². The highest BCUT2D eigenvalue weighted by molar-refractivity contribution is 7.23. The Labute approximate surface area is 173 Å². The molecule has 1 aliphatic rings. The Morgan fingerprint density at radius 2 is 1.76 bits per heavy atom. The lowest BCUT2D eigenvalue weighted by Gasteiger charge is -2.11. The van der Waals surface area contributed by atoms with Gasteiger partial charge in [-0.25, -0.2) is 4.39 Å². The normalized spacial score (nSPS) is 13.2. The molecule has 7 heteroatoms. The number of benzene rings is 2. The summed E-state index contributed by atoms with van der Waals surface area (Å²) in [5, 5.41) is 22.3. The van der Waals surface area contributed by atoms with E-state index in [0.29, 0.717) is 31.2 Å². The van der Waals surface area contributed by atoms with E-state index in [4.69, 9.17) is 11.6 Å². The molecule has 0 spiro atoms. The van der Waals surface area contributed by atoms with E-state index < -0.39 is 11.4 Å². The molecular weight excluding hydrogens is 413 g/mol. The number of rotatable bonds is 2. The molecule has 0 amide bonds. The molecule has 29 heavy (non-hydrogen) atoms. The molecule has 0 saturated heterocycles. The van der Waals surface area contributed by atoms with Crippen molar-refractivity contribution in [3.8, 4) is 33.8 Å². The monoisotopic (exact) mass is 427 g/mol. The van der Waals surface area contributed by atoms with Gasteiger partial charge in [-0.15, -0.1) is 11.3 Å². The van der Waals surface area contributed by atoms with Crippen molar-refractivity contribution in [1.29, 1.82) is 0 Å². The van der Waals surface area contributed by atoms with Gasteiger partial charge < -0.3 is 15.2 Å². The van der Waals surface area contributed by atoms with Crippen LogP contribution in [-0.4, -0.2) is 15.2 Å². The lowest BCUT2D eigenvalue weighted by atomic mass is 9.97. The Hall–Kier alpha value is -2.83. The van der Waals surface area contributed by atoms with Gasteiger partial charge in [-0.05, 0) is 48.1 Å². The molecule has 5 rings (SSSR count). The van der Waals surface area contributed by atoms with Crippen LogP contribution in [0, 0.1) is 5.82 Å². The number of aryl methyl sites for hydroxylation is 1. The molecule has 0 fully saturated rings. The Balaban J connectivity index is 1.82. The third-order valence-electron chi connectivity index (χ3n) is 5.45. The summed E-state index contributed by atoms with van der Waals surface area (Å²) in [6, 6.07) is 9.10. The molecule has 146 valence electrons. The van der Waals surface area contributed by atoms with Gasteiger partial charge in [0.1, 0.15) is 26.5 Å². The molecule has 4 aromatic rings. The van der Waals surface area contributed by atoms with Crippen LogP contribution in [0.3, 0.4) is 0 Å². The fraction of sp³-hybridized carbons (Fsp3) is 0.136. The number of nitrogens with one attached hydrogen (secondary N) is 1. The predicted octanol–water partition coefficient (Wildman–Crippen LogP) is 5.62. The zero-order valence-corrected chi connectivity index (χ0v) is 16.6. The molecule has 0 bridgehead atoms. The second kappa shape index (κ2) is 6.61. The van der Waals surface area contributed by atoms with Crippen molar-refractivity contribution >= 4 is 33.2 Å². The van der Waals surface area contributed by atoms with Crippen molar-refractivity contribution in [2.75, 3.05) is 0 Å². The van der Waals surface area contributed by atoms with Crippen molar-refractivity contribution in [1.82, 2.24) is 4.98 Å². The summed E-state index contributed by atoms with van der Waals surface area (Å²) in [6.07, 6.45) is 2.70. The molecular formula is C22H15ClFNO3S. The molecule has 0 unspecified atom stereocenters. The maximum atomic E-state index is 13.3. The average Bonchev–Trinajstić information content (AvgIpc) is 3.28. The Morgan fingerprint density at radius 3 is 2.52 bits per heavy atom. The first kappa shape index (κ1) is 18.2. The molecule has 0 atom stereocenters. The number of hydrogen-bond donors (Lipinski definition) is 3.